The highest BCUT2D eigenvalue weighted by Crippen LogP contribution is 2.12. The van der Waals surface area contributed by atoms with Crippen LogP contribution in [0.4, 0.5) is 0 Å². The molecule has 0 radical (unpaired) electrons. The largest absolute Gasteiger partial charge is 0.346 e. The molecule has 0 aromatic heterocycles. The Morgan fingerprint density at radius 3 is 2.17 bits per heavy atom. The summed E-state index contributed by atoms with van der Waals surface area (Å²) in [5, 5.41) is 3.41. The van der Waals surface area contributed by atoms with Crippen LogP contribution in [0.25, 0.3) is 0 Å². The van der Waals surface area contributed by atoms with E-state index < -0.39 is 0 Å². The van der Waals surface area contributed by atoms with Crippen LogP contribution in [0.5, 0.6) is 0 Å². The maximum absolute atomic E-state index is 12.0. The normalized spacial score (nSPS) is 13.1. The molecule has 0 heterocycles. The number of rotatable bonds is 9. The van der Waals surface area contributed by atoms with Gasteiger partial charge in [0.15, 0.2) is 0 Å². The van der Waals surface area contributed by atoms with Crippen molar-refractivity contribution in [1.82, 2.24) is 10.2 Å². The highest BCUT2D eigenvalue weighted by molar-refractivity contribution is 5.78. The number of carbonyl (C=O) groups is 1. The molecule has 0 aliphatic carbocycles. The average molecular weight is 256 g/mol. The molecule has 1 N–H and O–H groups in total. The van der Waals surface area contributed by atoms with Crippen LogP contribution in [0.1, 0.15) is 53.9 Å². The molecular weight excluding hydrogens is 224 g/mol. The molecule has 1 amide bonds. The Kier molecular flexibility index (Phi) is 9.08. The minimum atomic E-state index is 0.137. The van der Waals surface area contributed by atoms with Crippen molar-refractivity contribution in [2.45, 2.75) is 59.9 Å². The summed E-state index contributed by atoms with van der Waals surface area (Å²) in [5.74, 6) is 0.845. The van der Waals surface area contributed by atoms with E-state index in [1.165, 1.54) is 12.8 Å². The van der Waals surface area contributed by atoms with E-state index >= 15 is 0 Å². The summed E-state index contributed by atoms with van der Waals surface area (Å²) in [7, 11) is 1.92. The first-order chi connectivity index (χ1) is 8.36. The zero-order chi connectivity index (χ0) is 14.1. The van der Waals surface area contributed by atoms with E-state index in [2.05, 4.69) is 33.0 Å². The fourth-order valence-electron chi connectivity index (χ4n) is 1.78. The lowest BCUT2D eigenvalue weighted by atomic mass is 9.97. The van der Waals surface area contributed by atoms with Gasteiger partial charge in [-0.15, -0.1) is 0 Å². The van der Waals surface area contributed by atoms with E-state index in [0.717, 1.165) is 19.5 Å². The van der Waals surface area contributed by atoms with Crippen LogP contribution in [-0.2, 0) is 4.79 Å². The van der Waals surface area contributed by atoms with Crippen LogP contribution in [0.15, 0.2) is 0 Å². The molecule has 3 heteroatoms. The molecule has 0 aromatic rings. The van der Waals surface area contributed by atoms with Crippen LogP contribution in [0, 0.1) is 11.8 Å². The van der Waals surface area contributed by atoms with Crippen molar-refractivity contribution in [1.29, 1.82) is 0 Å². The van der Waals surface area contributed by atoms with Crippen LogP contribution >= 0.6 is 0 Å². The van der Waals surface area contributed by atoms with E-state index in [4.69, 9.17) is 0 Å². The molecule has 0 fully saturated rings. The molecule has 1 atom stereocenters. The van der Waals surface area contributed by atoms with Gasteiger partial charge in [-0.1, -0.05) is 41.0 Å². The first-order valence-electron chi connectivity index (χ1n) is 7.34. The Morgan fingerprint density at radius 2 is 1.67 bits per heavy atom. The second-order valence-corrected chi connectivity index (χ2v) is 5.96. The SMILES string of the molecule is CC(C)NCCCCCN(C)C(=O)C(C)C(C)C. The molecule has 108 valence electrons. The van der Waals surface area contributed by atoms with Gasteiger partial charge in [0.05, 0.1) is 0 Å². The number of hydrogen-bond donors (Lipinski definition) is 1. The lowest BCUT2D eigenvalue weighted by Crippen LogP contribution is -2.34. The zero-order valence-electron chi connectivity index (χ0n) is 13.1. The van der Waals surface area contributed by atoms with E-state index in [9.17, 15) is 4.79 Å². The molecule has 1 unspecified atom stereocenters. The summed E-state index contributed by atoms with van der Waals surface area (Å²) < 4.78 is 0. The molecule has 3 nitrogen and oxygen atoms in total. The number of hydrogen-bond acceptors (Lipinski definition) is 2. The monoisotopic (exact) mass is 256 g/mol. The molecule has 0 aliphatic rings. The van der Waals surface area contributed by atoms with Gasteiger partial charge in [-0.05, 0) is 25.3 Å². The van der Waals surface area contributed by atoms with Gasteiger partial charge in [0.2, 0.25) is 5.91 Å². The molecule has 0 aromatic carbocycles. The Labute approximate surface area is 113 Å². The minimum absolute atomic E-state index is 0.137. The zero-order valence-corrected chi connectivity index (χ0v) is 13.1. The predicted molar refractivity (Wildman–Crippen MR) is 78.6 cm³/mol. The number of nitrogens with zero attached hydrogens (tertiary/aromatic N) is 1. The summed E-state index contributed by atoms with van der Waals surface area (Å²) in [4.78, 5) is 13.9. The van der Waals surface area contributed by atoms with Crippen molar-refractivity contribution < 1.29 is 4.79 Å². The lowest BCUT2D eigenvalue weighted by Gasteiger charge is -2.23. The smallest absolute Gasteiger partial charge is 0.225 e. The van der Waals surface area contributed by atoms with Gasteiger partial charge in [0, 0.05) is 25.6 Å². The molecule has 18 heavy (non-hydrogen) atoms. The Balaban J connectivity index is 3.64. The summed E-state index contributed by atoms with van der Waals surface area (Å²) >= 11 is 0. The van der Waals surface area contributed by atoms with E-state index in [-0.39, 0.29) is 11.8 Å². The fourth-order valence-corrected chi connectivity index (χ4v) is 1.78. The first-order valence-corrected chi connectivity index (χ1v) is 7.34. The average Bonchev–Trinajstić information content (AvgIpc) is 2.30. The number of carbonyl (C=O) groups excluding carboxylic acids is 1. The molecular formula is C15H32N2O. The van der Waals surface area contributed by atoms with Crippen molar-refractivity contribution in [2.75, 3.05) is 20.1 Å². The number of unbranched alkanes of at least 4 members (excludes halogenated alkanes) is 2. The Bertz CT molecular complexity index is 227. The van der Waals surface area contributed by atoms with Crippen LogP contribution < -0.4 is 5.32 Å². The standard InChI is InChI=1S/C15H32N2O/c1-12(2)14(5)15(18)17(6)11-9-7-8-10-16-13(3)4/h12-14,16H,7-11H2,1-6H3. The molecule has 0 aliphatic heterocycles. The predicted octanol–water partition coefficient (Wildman–Crippen LogP) is 2.91. The highest BCUT2D eigenvalue weighted by Gasteiger charge is 2.19. The third-order valence-corrected chi connectivity index (χ3v) is 3.49. The maximum atomic E-state index is 12.0. The van der Waals surface area contributed by atoms with Crippen molar-refractivity contribution in [3.63, 3.8) is 0 Å². The quantitative estimate of drug-likeness (QED) is 0.643. The van der Waals surface area contributed by atoms with Gasteiger partial charge in [-0.3, -0.25) is 4.79 Å². The number of amides is 1. The van der Waals surface area contributed by atoms with Gasteiger partial charge in [-0.25, -0.2) is 0 Å². The van der Waals surface area contributed by atoms with Gasteiger partial charge in [0.1, 0.15) is 0 Å². The Morgan fingerprint density at radius 1 is 1.06 bits per heavy atom. The lowest BCUT2D eigenvalue weighted by molar-refractivity contribution is -0.135. The van der Waals surface area contributed by atoms with Crippen molar-refractivity contribution in [3.05, 3.63) is 0 Å². The third kappa shape index (κ3) is 7.70. The van der Waals surface area contributed by atoms with Crippen molar-refractivity contribution in [2.24, 2.45) is 11.8 Å². The molecule has 0 rings (SSSR count). The summed E-state index contributed by atoms with van der Waals surface area (Å²) in [6.07, 6.45) is 3.49. The fraction of sp³-hybridized carbons (Fsp3) is 0.933. The Hall–Kier alpha value is -0.570. The molecule has 0 saturated heterocycles. The van der Waals surface area contributed by atoms with E-state index in [1.54, 1.807) is 0 Å². The van der Waals surface area contributed by atoms with Gasteiger partial charge >= 0.3 is 0 Å². The second kappa shape index (κ2) is 9.37. The van der Waals surface area contributed by atoms with E-state index in [1.807, 2.05) is 18.9 Å². The van der Waals surface area contributed by atoms with Crippen molar-refractivity contribution in [3.8, 4) is 0 Å². The van der Waals surface area contributed by atoms with Gasteiger partial charge in [-0.2, -0.15) is 0 Å². The van der Waals surface area contributed by atoms with Crippen molar-refractivity contribution >= 4 is 5.91 Å². The van der Waals surface area contributed by atoms with Crippen LogP contribution in [0.2, 0.25) is 0 Å². The minimum Gasteiger partial charge on any atom is -0.346 e. The van der Waals surface area contributed by atoms with E-state index in [0.29, 0.717) is 12.0 Å². The molecule has 0 bridgehead atoms. The summed E-state index contributed by atoms with van der Waals surface area (Å²) in [5.41, 5.74) is 0. The third-order valence-electron chi connectivity index (χ3n) is 3.49. The highest BCUT2D eigenvalue weighted by atomic mass is 16.2. The summed E-state index contributed by atoms with van der Waals surface area (Å²) in [6.45, 7) is 12.5. The molecule has 0 spiro atoms. The topological polar surface area (TPSA) is 32.3 Å². The van der Waals surface area contributed by atoms with Crippen LogP contribution in [-0.4, -0.2) is 37.0 Å². The van der Waals surface area contributed by atoms with Gasteiger partial charge in [0.25, 0.3) is 0 Å². The first kappa shape index (κ1) is 17.4. The second-order valence-electron chi connectivity index (χ2n) is 5.96. The maximum Gasteiger partial charge on any atom is 0.225 e. The molecule has 0 saturated carbocycles. The summed E-state index contributed by atoms with van der Waals surface area (Å²) in [6, 6.07) is 0.571. The van der Waals surface area contributed by atoms with Crippen LogP contribution in [0.3, 0.4) is 0 Å². The number of nitrogens with one attached hydrogen (secondary N) is 1. The van der Waals surface area contributed by atoms with Gasteiger partial charge < -0.3 is 10.2 Å².